The summed E-state index contributed by atoms with van der Waals surface area (Å²) in [6.45, 7) is 1.47. The highest BCUT2D eigenvalue weighted by atomic mass is 79.9. The van der Waals surface area contributed by atoms with Gasteiger partial charge >= 0.3 is 0 Å². The van der Waals surface area contributed by atoms with E-state index >= 15 is 0 Å². The van der Waals surface area contributed by atoms with Crippen LogP contribution in [0.3, 0.4) is 0 Å². The number of hydrogen-bond donors (Lipinski definition) is 0. The van der Waals surface area contributed by atoms with Crippen LogP contribution in [0.2, 0.25) is 0 Å². The standard InChI is InChI=1S/C12H8BrFOS/c1-7(15)8-2-3-12(14)9(4-8)10-5-16-6-11(10)13/h2-6H,1H3. The summed E-state index contributed by atoms with van der Waals surface area (Å²) in [6.07, 6.45) is 0. The van der Waals surface area contributed by atoms with Crippen molar-refractivity contribution in [1.82, 2.24) is 0 Å². The molecular weight excluding hydrogens is 291 g/mol. The number of Topliss-reactive ketones (excluding diaryl/α,β-unsaturated/α-hetero) is 1. The molecule has 0 spiro atoms. The quantitative estimate of drug-likeness (QED) is 0.745. The van der Waals surface area contributed by atoms with E-state index in [1.807, 2.05) is 10.8 Å². The van der Waals surface area contributed by atoms with Gasteiger partial charge in [-0.1, -0.05) is 0 Å². The highest BCUT2D eigenvalue weighted by molar-refractivity contribution is 9.10. The Balaban J connectivity index is 2.60. The van der Waals surface area contributed by atoms with E-state index < -0.39 is 0 Å². The number of benzene rings is 1. The van der Waals surface area contributed by atoms with Crippen LogP contribution in [0.1, 0.15) is 17.3 Å². The lowest BCUT2D eigenvalue weighted by atomic mass is 10.0. The number of halogens is 2. The van der Waals surface area contributed by atoms with Gasteiger partial charge in [-0.05, 0) is 46.4 Å². The van der Waals surface area contributed by atoms with E-state index in [0.717, 1.165) is 10.0 Å². The van der Waals surface area contributed by atoms with Gasteiger partial charge in [0.25, 0.3) is 0 Å². The molecule has 1 aromatic heterocycles. The van der Waals surface area contributed by atoms with Gasteiger partial charge in [0.2, 0.25) is 0 Å². The Morgan fingerprint density at radius 3 is 2.62 bits per heavy atom. The molecule has 1 nitrogen and oxygen atoms in total. The topological polar surface area (TPSA) is 17.1 Å². The van der Waals surface area contributed by atoms with Gasteiger partial charge in [-0.15, -0.1) is 0 Å². The Bertz CT molecular complexity index is 548. The molecule has 0 fully saturated rings. The zero-order chi connectivity index (χ0) is 11.7. The van der Waals surface area contributed by atoms with Gasteiger partial charge in [0, 0.05) is 26.5 Å². The first-order chi connectivity index (χ1) is 7.59. The fourth-order valence-electron chi connectivity index (χ4n) is 1.42. The predicted octanol–water partition coefficient (Wildman–Crippen LogP) is 4.52. The van der Waals surface area contributed by atoms with Crippen LogP contribution in [0, 0.1) is 5.82 Å². The summed E-state index contributed by atoms with van der Waals surface area (Å²) in [5, 5.41) is 3.74. The van der Waals surface area contributed by atoms with Gasteiger partial charge in [-0.3, -0.25) is 4.79 Å². The molecule has 0 bridgehead atoms. The summed E-state index contributed by atoms with van der Waals surface area (Å²) in [5.41, 5.74) is 1.76. The third-order valence-electron chi connectivity index (χ3n) is 2.28. The van der Waals surface area contributed by atoms with E-state index in [9.17, 15) is 9.18 Å². The average molecular weight is 299 g/mol. The Kier molecular flexibility index (Phi) is 3.21. The van der Waals surface area contributed by atoms with Crippen molar-refractivity contribution in [2.75, 3.05) is 0 Å². The lowest BCUT2D eigenvalue weighted by Crippen LogP contribution is -1.94. The maximum Gasteiger partial charge on any atom is 0.159 e. The Morgan fingerprint density at radius 2 is 2.06 bits per heavy atom. The fraction of sp³-hybridized carbons (Fsp3) is 0.0833. The van der Waals surface area contributed by atoms with Crippen molar-refractivity contribution in [2.45, 2.75) is 6.92 Å². The van der Waals surface area contributed by atoms with E-state index in [2.05, 4.69) is 15.9 Å². The molecule has 0 radical (unpaired) electrons. The lowest BCUT2D eigenvalue weighted by molar-refractivity contribution is 0.101. The van der Waals surface area contributed by atoms with E-state index in [4.69, 9.17) is 0 Å². The van der Waals surface area contributed by atoms with Crippen LogP contribution in [0.5, 0.6) is 0 Å². The molecular formula is C12H8BrFOS. The molecule has 0 aliphatic heterocycles. The van der Waals surface area contributed by atoms with Gasteiger partial charge in [-0.2, -0.15) is 11.3 Å². The van der Waals surface area contributed by atoms with Gasteiger partial charge in [0.05, 0.1) is 0 Å². The first-order valence-electron chi connectivity index (χ1n) is 4.62. The van der Waals surface area contributed by atoms with E-state index in [-0.39, 0.29) is 11.6 Å². The summed E-state index contributed by atoms with van der Waals surface area (Å²) >= 11 is 4.84. The predicted molar refractivity (Wildman–Crippen MR) is 67.4 cm³/mol. The zero-order valence-electron chi connectivity index (χ0n) is 8.46. The number of carbonyl (C=O) groups excluding carboxylic acids is 1. The number of thiophene rings is 1. The van der Waals surface area contributed by atoms with Crippen molar-refractivity contribution >= 4 is 33.0 Å². The first kappa shape index (κ1) is 11.5. The number of ketones is 1. The van der Waals surface area contributed by atoms with Gasteiger partial charge < -0.3 is 0 Å². The van der Waals surface area contributed by atoms with Gasteiger partial charge in [0.15, 0.2) is 5.78 Å². The van der Waals surface area contributed by atoms with E-state index in [1.54, 1.807) is 6.07 Å². The normalized spacial score (nSPS) is 10.4. The SMILES string of the molecule is CC(=O)c1ccc(F)c(-c2cscc2Br)c1. The Labute approximate surface area is 105 Å². The van der Waals surface area contributed by atoms with Crippen molar-refractivity contribution in [1.29, 1.82) is 0 Å². The summed E-state index contributed by atoms with van der Waals surface area (Å²) in [6, 6.07) is 4.42. The van der Waals surface area contributed by atoms with Crippen molar-refractivity contribution in [3.05, 3.63) is 44.8 Å². The van der Waals surface area contributed by atoms with Crippen molar-refractivity contribution in [2.24, 2.45) is 0 Å². The third-order valence-corrected chi connectivity index (χ3v) is 3.98. The van der Waals surface area contributed by atoms with Gasteiger partial charge in [-0.25, -0.2) is 4.39 Å². The molecule has 0 saturated carbocycles. The number of carbonyl (C=O) groups is 1. The average Bonchev–Trinajstić information content (AvgIpc) is 2.65. The molecule has 0 unspecified atom stereocenters. The van der Waals surface area contributed by atoms with Crippen molar-refractivity contribution < 1.29 is 9.18 Å². The maximum absolute atomic E-state index is 13.6. The fourth-order valence-corrected chi connectivity index (χ4v) is 2.93. The minimum Gasteiger partial charge on any atom is -0.295 e. The molecule has 16 heavy (non-hydrogen) atoms. The smallest absolute Gasteiger partial charge is 0.159 e. The highest BCUT2D eigenvalue weighted by Crippen LogP contribution is 2.33. The minimum atomic E-state index is -0.316. The van der Waals surface area contributed by atoms with E-state index in [1.165, 1.54) is 30.4 Å². The Hall–Kier alpha value is -1.00. The van der Waals surface area contributed by atoms with E-state index in [0.29, 0.717) is 11.1 Å². The molecule has 0 N–H and O–H groups in total. The Morgan fingerprint density at radius 1 is 1.31 bits per heavy atom. The first-order valence-corrected chi connectivity index (χ1v) is 6.35. The number of rotatable bonds is 2. The van der Waals surface area contributed by atoms with Crippen LogP contribution in [-0.4, -0.2) is 5.78 Å². The molecule has 0 saturated heterocycles. The second kappa shape index (κ2) is 4.47. The summed E-state index contributed by atoms with van der Waals surface area (Å²) in [7, 11) is 0. The third kappa shape index (κ3) is 2.08. The van der Waals surface area contributed by atoms with Gasteiger partial charge in [0.1, 0.15) is 5.82 Å². The van der Waals surface area contributed by atoms with Crippen LogP contribution in [0.25, 0.3) is 11.1 Å². The molecule has 0 atom stereocenters. The molecule has 0 aliphatic rings. The monoisotopic (exact) mass is 298 g/mol. The molecule has 2 aromatic rings. The second-order valence-corrected chi connectivity index (χ2v) is 4.98. The zero-order valence-corrected chi connectivity index (χ0v) is 10.9. The minimum absolute atomic E-state index is 0.0624. The molecule has 82 valence electrons. The van der Waals surface area contributed by atoms with Crippen LogP contribution in [-0.2, 0) is 0 Å². The maximum atomic E-state index is 13.6. The van der Waals surface area contributed by atoms with Crippen LogP contribution >= 0.6 is 27.3 Å². The molecule has 4 heteroatoms. The lowest BCUT2D eigenvalue weighted by Gasteiger charge is -2.04. The molecule has 2 rings (SSSR count). The van der Waals surface area contributed by atoms with Crippen molar-refractivity contribution in [3.8, 4) is 11.1 Å². The molecule has 0 aliphatic carbocycles. The van der Waals surface area contributed by atoms with Crippen LogP contribution < -0.4 is 0 Å². The van der Waals surface area contributed by atoms with Crippen LogP contribution in [0.15, 0.2) is 33.4 Å². The number of hydrogen-bond acceptors (Lipinski definition) is 2. The summed E-state index contributed by atoms with van der Waals surface area (Å²) in [5.74, 6) is -0.378. The molecule has 1 heterocycles. The molecule has 1 aromatic carbocycles. The largest absolute Gasteiger partial charge is 0.295 e. The summed E-state index contributed by atoms with van der Waals surface area (Å²) < 4.78 is 14.5. The van der Waals surface area contributed by atoms with Crippen LogP contribution in [0.4, 0.5) is 4.39 Å². The second-order valence-electron chi connectivity index (χ2n) is 3.38. The highest BCUT2D eigenvalue weighted by Gasteiger charge is 2.11. The summed E-state index contributed by atoms with van der Waals surface area (Å²) in [4.78, 5) is 11.2. The van der Waals surface area contributed by atoms with Crippen molar-refractivity contribution in [3.63, 3.8) is 0 Å². The molecule has 0 amide bonds.